The van der Waals surface area contributed by atoms with Gasteiger partial charge in [-0.2, -0.15) is 0 Å². The molecule has 1 aliphatic rings. The lowest BCUT2D eigenvalue weighted by Crippen LogP contribution is -2.22. The summed E-state index contributed by atoms with van der Waals surface area (Å²) in [5, 5.41) is 5.79. The lowest BCUT2D eigenvalue weighted by Gasteiger charge is -2.16. The Morgan fingerprint density at radius 1 is 1.64 bits per heavy atom. The van der Waals surface area contributed by atoms with Crippen LogP contribution in [-0.2, 0) is 0 Å². The zero-order valence-electron chi connectivity index (χ0n) is 9.05. The molecule has 2 unspecified atom stereocenters. The number of nitrogens with one attached hydrogen (secondary N) is 1. The summed E-state index contributed by atoms with van der Waals surface area (Å²) in [6.07, 6.45) is 4.04. The highest BCUT2D eigenvalue weighted by molar-refractivity contribution is 7.10. The molecule has 2 heterocycles. The first-order valence-electron chi connectivity index (χ1n) is 5.54. The lowest BCUT2D eigenvalue weighted by atomic mass is 9.97. The van der Waals surface area contributed by atoms with E-state index >= 15 is 0 Å². The number of aryl methyl sites for hydroxylation is 1. The standard InChI is InChI=1S/C12H19NS/c1-9-5-7-14-12(9)10(2)8-11-4-3-6-13-11/h5,7,10-11,13H,3-4,6,8H2,1-2H3. The minimum atomic E-state index is 0.727. The second-order valence-electron chi connectivity index (χ2n) is 4.40. The van der Waals surface area contributed by atoms with Crippen LogP contribution in [0.25, 0.3) is 0 Å². The summed E-state index contributed by atoms with van der Waals surface area (Å²) in [6, 6.07) is 3.00. The second-order valence-corrected chi connectivity index (χ2v) is 5.35. The Morgan fingerprint density at radius 3 is 3.07 bits per heavy atom. The zero-order chi connectivity index (χ0) is 9.97. The summed E-state index contributed by atoms with van der Waals surface area (Å²) in [7, 11) is 0. The molecule has 2 heteroatoms. The topological polar surface area (TPSA) is 12.0 Å². The van der Waals surface area contributed by atoms with E-state index in [2.05, 4.69) is 30.6 Å². The van der Waals surface area contributed by atoms with Crippen LogP contribution in [0.1, 0.15) is 42.5 Å². The van der Waals surface area contributed by atoms with Gasteiger partial charge in [0.2, 0.25) is 0 Å². The minimum Gasteiger partial charge on any atom is -0.314 e. The van der Waals surface area contributed by atoms with Crippen molar-refractivity contribution in [2.45, 2.75) is 45.1 Å². The first-order chi connectivity index (χ1) is 6.77. The Kier molecular flexibility index (Phi) is 3.24. The van der Waals surface area contributed by atoms with Gasteiger partial charge in [-0.25, -0.2) is 0 Å². The Labute approximate surface area is 90.5 Å². The van der Waals surface area contributed by atoms with Gasteiger partial charge in [-0.3, -0.25) is 0 Å². The highest BCUT2D eigenvalue weighted by atomic mass is 32.1. The number of rotatable bonds is 3. The third-order valence-corrected chi connectivity index (χ3v) is 4.40. The smallest absolute Gasteiger partial charge is 0.0103 e. The zero-order valence-corrected chi connectivity index (χ0v) is 9.86. The van der Waals surface area contributed by atoms with Crippen LogP contribution in [0.3, 0.4) is 0 Å². The Hall–Kier alpha value is -0.340. The molecule has 1 aromatic rings. The van der Waals surface area contributed by atoms with Gasteiger partial charge in [-0.15, -0.1) is 11.3 Å². The van der Waals surface area contributed by atoms with Crippen LogP contribution in [0.5, 0.6) is 0 Å². The first kappa shape index (κ1) is 10.2. The van der Waals surface area contributed by atoms with Gasteiger partial charge in [-0.05, 0) is 55.7 Å². The molecule has 78 valence electrons. The van der Waals surface area contributed by atoms with Crippen molar-refractivity contribution in [1.82, 2.24) is 5.32 Å². The third-order valence-electron chi connectivity index (χ3n) is 3.15. The van der Waals surface area contributed by atoms with Gasteiger partial charge < -0.3 is 5.32 Å². The van der Waals surface area contributed by atoms with Crippen molar-refractivity contribution >= 4 is 11.3 Å². The molecule has 0 radical (unpaired) electrons. The van der Waals surface area contributed by atoms with Gasteiger partial charge in [0.05, 0.1) is 0 Å². The van der Waals surface area contributed by atoms with Crippen LogP contribution < -0.4 is 5.32 Å². The van der Waals surface area contributed by atoms with E-state index in [9.17, 15) is 0 Å². The van der Waals surface area contributed by atoms with Crippen molar-refractivity contribution in [3.05, 3.63) is 21.9 Å². The van der Waals surface area contributed by atoms with E-state index < -0.39 is 0 Å². The molecule has 1 N–H and O–H groups in total. The van der Waals surface area contributed by atoms with Gasteiger partial charge in [0.1, 0.15) is 0 Å². The molecule has 0 saturated carbocycles. The highest BCUT2D eigenvalue weighted by Crippen LogP contribution is 2.30. The van der Waals surface area contributed by atoms with Crippen molar-refractivity contribution < 1.29 is 0 Å². The number of hydrogen-bond acceptors (Lipinski definition) is 2. The molecule has 0 spiro atoms. The second kappa shape index (κ2) is 4.45. The van der Waals surface area contributed by atoms with Crippen LogP contribution in [0.15, 0.2) is 11.4 Å². The SMILES string of the molecule is Cc1ccsc1C(C)CC1CCCN1. The lowest BCUT2D eigenvalue weighted by molar-refractivity contribution is 0.513. The normalized spacial score (nSPS) is 24.0. The fourth-order valence-corrected chi connectivity index (χ4v) is 3.38. The molecular weight excluding hydrogens is 190 g/mol. The summed E-state index contributed by atoms with van der Waals surface area (Å²) in [6.45, 7) is 5.81. The molecule has 1 nitrogen and oxygen atoms in total. The average molecular weight is 209 g/mol. The van der Waals surface area contributed by atoms with Crippen molar-refractivity contribution in [1.29, 1.82) is 0 Å². The number of hydrogen-bond donors (Lipinski definition) is 1. The Morgan fingerprint density at radius 2 is 2.50 bits per heavy atom. The summed E-state index contributed by atoms with van der Waals surface area (Å²) in [5.41, 5.74) is 1.47. The van der Waals surface area contributed by atoms with E-state index in [-0.39, 0.29) is 0 Å². The fraction of sp³-hybridized carbons (Fsp3) is 0.667. The molecule has 1 fully saturated rings. The molecule has 0 amide bonds. The van der Waals surface area contributed by atoms with E-state index in [4.69, 9.17) is 0 Å². The molecule has 0 aliphatic carbocycles. The van der Waals surface area contributed by atoms with E-state index in [1.165, 1.54) is 31.4 Å². The van der Waals surface area contributed by atoms with Crippen molar-refractivity contribution in [2.75, 3.05) is 6.54 Å². The maximum atomic E-state index is 3.57. The van der Waals surface area contributed by atoms with Crippen LogP contribution in [-0.4, -0.2) is 12.6 Å². The van der Waals surface area contributed by atoms with E-state index in [0.29, 0.717) is 0 Å². The molecule has 0 bridgehead atoms. The van der Waals surface area contributed by atoms with Crippen LogP contribution in [0, 0.1) is 6.92 Å². The maximum absolute atomic E-state index is 3.57. The third kappa shape index (κ3) is 2.18. The largest absolute Gasteiger partial charge is 0.314 e. The van der Waals surface area contributed by atoms with Crippen LogP contribution in [0.4, 0.5) is 0 Å². The van der Waals surface area contributed by atoms with Gasteiger partial charge >= 0.3 is 0 Å². The molecule has 1 saturated heterocycles. The molecular formula is C12H19NS. The predicted molar refractivity (Wildman–Crippen MR) is 63.1 cm³/mol. The van der Waals surface area contributed by atoms with Gasteiger partial charge in [-0.1, -0.05) is 6.92 Å². The monoisotopic (exact) mass is 209 g/mol. The summed E-state index contributed by atoms with van der Waals surface area (Å²) < 4.78 is 0. The molecule has 14 heavy (non-hydrogen) atoms. The Balaban J connectivity index is 1.95. The van der Waals surface area contributed by atoms with E-state index in [1.807, 2.05) is 11.3 Å². The maximum Gasteiger partial charge on any atom is 0.0103 e. The molecule has 2 atom stereocenters. The molecule has 1 aliphatic heterocycles. The van der Waals surface area contributed by atoms with Crippen molar-refractivity contribution in [3.8, 4) is 0 Å². The van der Waals surface area contributed by atoms with Crippen LogP contribution >= 0.6 is 11.3 Å². The van der Waals surface area contributed by atoms with E-state index in [1.54, 1.807) is 4.88 Å². The predicted octanol–water partition coefficient (Wildman–Crippen LogP) is 3.30. The summed E-state index contributed by atoms with van der Waals surface area (Å²) in [4.78, 5) is 1.58. The van der Waals surface area contributed by atoms with Crippen LogP contribution in [0.2, 0.25) is 0 Å². The molecule has 2 rings (SSSR count). The Bertz CT molecular complexity index is 286. The van der Waals surface area contributed by atoms with Gasteiger partial charge in [0, 0.05) is 10.9 Å². The van der Waals surface area contributed by atoms with Gasteiger partial charge in [0.15, 0.2) is 0 Å². The summed E-state index contributed by atoms with van der Waals surface area (Å²) in [5.74, 6) is 0.727. The van der Waals surface area contributed by atoms with Crippen molar-refractivity contribution in [3.63, 3.8) is 0 Å². The van der Waals surface area contributed by atoms with Gasteiger partial charge in [0.25, 0.3) is 0 Å². The first-order valence-corrected chi connectivity index (χ1v) is 6.42. The van der Waals surface area contributed by atoms with E-state index in [0.717, 1.165) is 12.0 Å². The highest BCUT2D eigenvalue weighted by Gasteiger charge is 2.19. The molecule has 0 aromatic carbocycles. The van der Waals surface area contributed by atoms with Crippen molar-refractivity contribution in [2.24, 2.45) is 0 Å². The molecule has 1 aromatic heterocycles. The number of thiophene rings is 1. The quantitative estimate of drug-likeness (QED) is 0.805. The fourth-order valence-electron chi connectivity index (χ4n) is 2.38. The minimum absolute atomic E-state index is 0.727. The summed E-state index contributed by atoms with van der Waals surface area (Å²) >= 11 is 1.91. The average Bonchev–Trinajstić information content (AvgIpc) is 2.75.